The Hall–Kier alpha value is -3.48. The number of benzene rings is 2. The minimum Gasteiger partial charge on any atom is -0.507 e. The summed E-state index contributed by atoms with van der Waals surface area (Å²) >= 11 is 0. The average Bonchev–Trinajstić information content (AvgIpc) is 3.07. The van der Waals surface area contributed by atoms with Gasteiger partial charge in [0.15, 0.2) is 0 Å². The molecule has 1 N–H and O–H groups in total. The summed E-state index contributed by atoms with van der Waals surface area (Å²) in [6, 6.07) is 11.5. The van der Waals surface area contributed by atoms with Crippen molar-refractivity contribution in [1.82, 2.24) is 4.90 Å². The van der Waals surface area contributed by atoms with E-state index in [1.165, 1.54) is 19.1 Å². The van der Waals surface area contributed by atoms with Gasteiger partial charge in [0.1, 0.15) is 23.0 Å². The molecule has 7 nitrogen and oxygen atoms in total. The zero-order chi connectivity index (χ0) is 23.3. The molecule has 0 bridgehead atoms. The topological polar surface area (TPSA) is 85.3 Å². The molecule has 2 aromatic carbocycles. The largest absolute Gasteiger partial charge is 0.507 e. The number of hydrogen-bond acceptors (Lipinski definition) is 6. The minimum atomic E-state index is -0.740. The van der Waals surface area contributed by atoms with Crippen LogP contribution in [0.15, 0.2) is 48.0 Å². The predicted octanol–water partition coefficient (Wildman–Crippen LogP) is 4.32. The van der Waals surface area contributed by atoms with Gasteiger partial charge >= 0.3 is 0 Å². The molecule has 32 heavy (non-hydrogen) atoms. The molecule has 1 saturated heterocycles. The molecule has 170 valence electrons. The first kappa shape index (κ1) is 23.2. The quantitative estimate of drug-likeness (QED) is 0.356. The highest BCUT2D eigenvalue weighted by Crippen LogP contribution is 2.42. The Kier molecular flexibility index (Phi) is 7.41. The Morgan fingerprint density at radius 2 is 1.78 bits per heavy atom. The fraction of sp³-hybridized carbons (Fsp3) is 0.360. The highest BCUT2D eigenvalue weighted by Gasteiger charge is 2.46. The molecule has 2 aromatic rings. The Balaban J connectivity index is 2.20. The summed E-state index contributed by atoms with van der Waals surface area (Å²) in [7, 11) is 2.98. The monoisotopic (exact) mass is 439 g/mol. The number of Topliss-reactive ketones (excluding diaryl/α,β-unsaturated/α-hetero) is 1. The maximum absolute atomic E-state index is 13.1. The van der Waals surface area contributed by atoms with Crippen LogP contribution >= 0.6 is 0 Å². The Morgan fingerprint density at radius 1 is 1.00 bits per heavy atom. The van der Waals surface area contributed by atoms with Crippen LogP contribution in [-0.2, 0) is 9.59 Å². The van der Waals surface area contributed by atoms with Gasteiger partial charge in [-0.2, -0.15) is 0 Å². The van der Waals surface area contributed by atoms with Crippen molar-refractivity contribution in [1.29, 1.82) is 0 Å². The number of carbonyl (C=O) groups is 2. The number of aliphatic hydroxyl groups excluding tert-OH is 1. The summed E-state index contributed by atoms with van der Waals surface area (Å²) in [4.78, 5) is 27.5. The molecule has 0 saturated carbocycles. The van der Waals surface area contributed by atoms with E-state index in [9.17, 15) is 14.7 Å². The lowest BCUT2D eigenvalue weighted by molar-refractivity contribution is -0.139. The van der Waals surface area contributed by atoms with E-state index in [1.54, 1.807) is 18.2 Å². The second-order valence-electron chi connectivity index (χ2n) is 7.48. The van der Waals surface area contributed by atoms with Crippen molar-refractivity contribution in [3.8, 4) is 17.2 Å². The van der Waals surface area contributed by atoms with E-state index in [0.717, 1.165) is 6.42 Å². The van der Waals surface area contributed by atoms with Crippen LogP contribution in [-0.4, -0.2) is 49.1 Å². The van der Waals surface area contributed by atoms with E-state index in [-0.39, 0.29) is 16.9 Å². The Labute approximate surface area is 188 Å². The lowest BCUT2D eigenvalue weighted by Crippen LogP contribution is -2.30. The van der Waals surface area contributed by atoms with E-state index in [0.29, 0.717) is 42.4 Å². The van der Waals surface area contributed by atoms with Crippen molar-refractivity contribution in [2.45, 2.75) is 32.7 Å². The van der Waals surface area contributed by atoms with Gasteiger partial charge in [0, 0.05) is 6.54 Å². The number of hydrogen-bond donors (Lipinski definition) is 1. The normalized spacial score (nSPS) is 17.5. The summed E-state index contributed by atoms with van der Waals surface area (Å²) in [5.41, 5.74) is 0.988. The van der Waals surface area contributed by atoms with Gasteiger partial charge in [-0.25, -0.2) is 0 Å². The number of aliphatic hydroxyl groups is 1. The molecule has 1 unspecified atom stereocenters. The first-order valence-electron chi connectivity index (χ1n) is 10.7. The van der Waals surface area contributed by atoms with Crippen LogP contribution in [0.2, 0.25) is 0 Å². The van der Waals surface area contributed by atoms with E-state index < -0.39 is 17.7 Å². The standard InChI is InChI=1S/C25H29NO6/c1-5-12-26-22(16-8-7-9-18(14-16)32-13-6-2)21(24(28)25(26)29)23(27)19-15-17(30-3)10-11-20(19)31-4/h7-11,14-15,22,27H,5-6,12-13H2,1-4H3/b23-21+. The predicted molar refractivity (Wildman–Crippen MR) is 121 cm³/mol. The maximum Gasteiger partial charge on any atom is 0.295 e. The van der Waals surface area contributed by atoms with Crippen molar-refractivity contribution < 1.29 is 28.9 Å². The highest BCUT2D eigenvalue weighted by atomic mass is 16.5. The maximum atomic E-state index is 13.1. The molecule has 1 fully saturated rings. The van der Waals surface area contributed by atoms with Gasteiger partial charge in [-0.05, 0) is 48.7 Å². The Morgan fingerprint density at radius 3 is 2.44 bits per heavy atom. The van der Waals surface area contributed by atoms with Gasteiger partial charge in [0.2, 0.25) is 0 Å². The SMILES string of the molecule is CCCOc1cccc(C2/C(=C(\O)c3cc(OC)ccc3OC)C(=O)C(=O)N2CCC)c1. The number of methoxy groups -OCH3 is 2. The molecule has 1 atom stereocenters. The van der Waals surface area contributed by atoms with Crippen LogP contribution in [0, 0.1) is 0 Å². The highest BCUT2D eigenvalue weighted by molar-refractivity contribution is 6.46. The summed E-state index contributed by atoms with van der Waals surface area (Å²) in [6.07, 6.45) is 1.52. The van der Waals surface area contributed by atoms with Gasteiger partial charge in [0.05, 0.1) is 38.0 Å². The van der Waals surface area contributed by atoms with Gasteiger partial charge in [-0.15, -0.1) is 0 Å². The molecule has 0 aliphatic carbocycles. The lowest BCUT2D eigenvalue weighted by atomic mass is 9.94. The molecule has 0 spiro atoms. The van der Waals surface area contributed by atoms with Crippen LogP contribution in [0.1, 0.15) is 43.9 Å². The summed E-state index contributed by atoms with van der Waals surface area (Å²) in [6.45, 7) is 4.88. The van der Waals surface area contributed by atoms with Crippen LogP contribution < -0.4 is 14.2 Å². The summed E-state index contributed by atoms with van der Waals surface area (Å²) < 4.78 is 16.4. The second kappa shape index (κ2) is 10.2. The van der Waals surface area contributed by atoms with Gasteiger partial charge in [0.25, 0.3) is 11.7 Å². The first-order valence-corrected chi connectivity index (χ1v) is 10.7. The van der Waals surface area contributed by atoms with E-state index >= 15 is 0 Å². The third kappa shape index (κ3) is 4.42. The van der Waals surface area contributed by atoms with E-state index in [4.69, 9.17) is 14.2 Å². The molecular weight excluding hydrogens is 410 g/mol. The van der Waals surface area contributed by atoms with Gasteiger partial charge < -0.3 is 24.2 Å². The lowest BCUT2D eigenvalue weighted by Gasteiger charge is -2.25. The zero-order valence-electron chi connectivity index (χ0n) is 18.9. The number of nitrogens with zero attached hydrogens (tertiary/aromatic N) is 1. The average molecular weight is 440 g/mol. The van der Waals surface area contributed by atoms with Crippen molar-refractivity contribution in [3.63, 3.8) is 0 Å². The molecule has 0 radical (unpaired) electrons. The van der Waals surface area contributed by atoms with Crippen LogP contribution in [0.3, 0.4) is 0 Å². The first-order chi connectivity index (χ1) is 15.5. The molecular formula is C25H29NO6. The van der Waals surface area contributed by atoms with Crippen LogP contribution in [0.5, 0.6) is 17.2 Å². The van der Waals surface area contributed by atoms with Gasteiger partial charge in [-0.1, -0.05) is 26.0 Å². The van der Waals surface area contributed by atoms with E-state index in [1.807, 2.05) is 38.1 Å². The van der Waals surface area contributed by atoms with Crippen molar-refractivity contribution in [2.24, 2.45) is 0 Å². The van der Waals surface area contributed by atoms with Crippen molar-refractivity contribution in [3.05, 3.63) is 59.2 Å². The smallest absolute Gasteiger partial charge is 0.295 e. The third-order valence-electron chi connectivity index (χ3n) is 5.31. The van der Waals surface area contributed by atoms with Crippen molar-refractivity contribution in [2.75, 3.05) is 27.4 Å². The van der Waals surface area contributed by atoms with Gasteiger partial charge in [-0.3, -0.25) is 9.59 Å². The third-order valence-corrected chi connectivity index (χ3v) is 5.31. The summed E-state index contributed by atoms with van der Waals surface area (Å²) in [5, 5.41) is 11.3. The number of carbonyl (C=O) groups excluding carboxylic acids is 2. The Bertz CT molecular complexity index is 1030. The van der Waals surface area contributed by atoms with E-state index in [2.05, 4.69) is 0 Å². The zero-order valence-corrected chi connectivity index (χ0v) is 18.9. The fourth-order valence-corrected chi connectivity index (χ4v) is 3.84. The fourth-order valence-electron chi connectivity index (χ4n) is 3.84. The van der Waals surface area contributed by atoms with Crippen LogP contribution in [0.25, 0.3) is 5.76 Å². The molecule has 1 amide bonds. The molecule has 0 aromatic heterocycles. The molecule has 1 aliphatic heterocycles. The van der Waals surface area contributed by atoms with Crippen molar-refractivity contribution >= 4 is 17.4 Å². The molecule has 1 aliphatic rings. The number of likely N-dealkylation sites (tertiary alicyclic amines) is 1. The number of rotatable bonds is 9. The minimum absolute atomic E-state index is 0.0163. The number of ether oxygens (including phenoxy) is 3. The van der Waals surface area contributed by atoms with Crippen LogP contribution in [0.4, 0.5) is 0 Å². The molecule has 3 rings (SSSR count). The molecule has 1 heterocycles. The second-order valence-corrected chi connectivity index (χ2v) is 7.48. The summed E-state index contributed by atoms with van der Waals surface area (Å²) in [5.74, 6) is -0.177. The number of ketones is 1. The molecule has 7 heteroatoms. The number of amides is 1.